The van der Waals surface area contributed by atoms with Gasteiger partial charge in [-0.25, -0.2) is 13.2 Å². The predicted octanol–water partition coefficient (Wildman–Crippen LogP) is 3.74. The SMILES string of the molecule is Fc1cc(F)c(-c2cccc3c2CCN3)c(F)c1. The molecule has 0 bridgehead atoms. The highest BCUT2D eigenvalue weighted by Gasteiger charge is 2.20. The lowest BCUT2D eigenvalue weighted by Crippen LogP contribution is -1.95. The molecule has 0 fully saturated rings. The van der Waals surface area contributed by atoms with Gasteiger partial charge < -0.3 is 5.32 Å². The van der Waals surface area contributed by atoms with Gasteiger partial charge in [0, 0.05) is 24.4 Å². The third-order valence-electron chi connectivity index (χ3n) is 3.14. The summed E-state index contributed by atoms with van der Waals surface area (Å²) in [7, 11) is 0. The van der Waals surface area contributed by atoms with Crippen LogP contribution in [0.15, 0.2) is 30.3 Å². The van der Waals surface area contributed by atoms with E-state index in [9.17, 15) is 13.2 Å². The second-order valence-corrected chi connectivity index (χ2v) is 4.25. The molecule has 0 atom stereocenters. The number of rotatable bonds is 1. The monoisotopic (exact) mass is 249 g/mol. The molecule has 1 heterocycles. The van der Waals surface area contributed by atoms with E-state index in [1.165, 1.54) is 0 Å². The molecule has 0 radical (unpaired) electrons. The molecule has 0 spiro atoms. The van der Waals surface area contributed by atoms with Crippen LogP contribution in [0.1, 0.15) is 5.56 Å². The molecule has 0 saturated heterocycles. The van der Waals surface area contributed by atoms with Crippen molar-refractivity contribution in [3.05, 3.63) is 53.3 Å². The molecular formula is C14H10F3N. The van der Waals surface area contributed by atoms with Gasteiger partial charge in [0.15, 0.2) is 0 Å². The molecule has 1 aliphatic heterocycles. The van der Waals surface area contributed by atoms with E-state index >= 15 is 0 Å². The fraction of sp³-hybridized carbons (Fsp3) is 0.143. The fourth-order valence-electron chi connectivity index (χ4n) is 2.38. The lowest BCUT2D eigenvalue weighted by molar-refractivity contribution is 0.548. The number of hydrogen-bond acceptors (Lipinski definition) is 1. The molecule has 1 nitrogen and oxygen atoms in total. The van der Waals surface area contributed by atoms with E-state index < -0.39 is 17.5 Å². The summed E-state index contributed by atoms with van der Waals surface area (Å²) in [5.41, 5.74) is 2.10. The minimum Gasteiger partial charge on any atom is -0.384 e. The Bertz CT molecular complexity index is 599. The Labute approximate surface area is 102 Å². The Hall–Kier alpha value is -1.97. The molecule has 3 rings (SSSR count). The first-order valence-corrected chi connectivity index (χ1v) is 5.67. The van der Waals surface area contributed by atoms with Crippen molar-refractivity contribution in [1.29, 1.82) is 0 Å². The molecule has 4 heteroatoms. The molecule has 2 aromatic carbocycles. The highest BCUT2D eigenvalue weighted by molar-refractivity contribution is 5.76. The van der Waals surface area contributed by atoms with E-state index in [2.05, 4.69) is 5.32 Å². The topological polar surface area (TPSA) is 12.0 Å². The molecule has 0 amide bonds. The van der Waals surface area contributed by atoms with Crippen LogP contribution in [0.3, 0.4) is 0 Å². The number of halogens is 3. The van der Waals surface area contributed by atoms with Crippen molar-refractivity contribution in [1.82, 2.24) is 0 Å². The molecule has 18 heavy (non-hydrogen) atoms. The van der Waals surface area contributed by atoms with Crippen molar-refractivity contribution in [2.75, 3.05) is 11.9 Å². The molecule has 0 saturated carbocycles. The van der Waals surface area contributed by atoms with Crippen LogP contribution in [-0.4, -0.2) is 6.54 Å². The molecule has 2 aromatic rings. The number of fused-ring (bicyclic) bond motifs is 1. The minimum absolute atomic E-state index is 0.156. The minimum atomic E-state index is -0.903. The summed E-state index contributed by atoms with van der Waals surface area (Å²) >= 11 is 0. The average molecular weight is 249 g/mol. The highest BCUT2D eigenvalue weighted by Crippen LogP contribution is 2.35. The van der Waals surface area contributed by atoms with Crippen LogP contribution in [0.25, 0.3) is 11.1 Å². The predicted molar refractivity (Wildman–Crippen MR) is 63.9 cm³/mol. The van der Waals surface area contributed by atoms with E-state index in [1.54, 1.807) is 12.1 Å². The smallest absolute Gasteiger partial charge is 0.136 e. The first kappa shape index (κ1) is 11.1. The lowest BCUT2D eigenvalue weighted by Gasteiger charge is -2.10. The summed E-state index contributed by atoms with van der Waals surface area (Å²) in [6.07, 6.45) is 0.710. The van der Waals surface area contributed by atoms with E-state index in [-0.39, 0.29) is 5.56 Å². The number of hydrogen-bond donors (Lipinski definition) is 1. The molecular weight excluding hydrogens is 239 g/mol. The summed E-state index contributed by atoms with van der Waals surface area (Å²) in [5.74, 6) is -2.64. The maximum absolute atomic E-state index is 13.8. The van der Waals surface area contributed by atoms with Gasteiger partial charge >= 0.3 is 0 Å². The normalized spacial score (nSPS) is 13.3. The Kier molecular flexibility index (Phi) is 2.51. The van der Waals surface area contributed by atoms with Gasteiger partial charge in [-0.1, -0.05) is 12.1 Å². The molecule has 0 unspecified atom stereocenters. The van der Waals surface area contributed by atoms with Gasteiger partial charge in [-0.05, 0) is 23.6 Å². The van der Waals surface area contributed by atoms with Gasteiger partial charge in [0.05, 0.1) is 5.56 Å². The van der Waals surface area contributed by atoms with E-state index in [1.807, 2.05) is 6.07 Å². The highest BCUT2D eigenvalue weighted by atomic mass is 19.1. The van der Waals surface area contributed by atoms with Gasteiger partial charge in [0.25, 0.3) is 0 Å². The largest absolute Gasteiger partial charge is 0.384 e. The van der Waals surface area contributed by atoms with E-state index in [0.29, 0.717) is 24.1 Å². The second kappa shape index (κ2) is 4.05. The zero-order valence-electron chi connectivity index (χ0n) is 9.43. The van der Waals surface area contributed by atoms with Crippen molar-refractivity contribution < 1.29 is 13.2 Å². The zero-order chi connectivity index (χ0) is 12.7. The Morgan fingerprint density at radius 3 is 2.44 bits per heavy atom. The zero-order valence-corrected chi connectivity index (χ0v) is 9.43. The van der Waals surface area contributed by atoms with E-state index in [0.717, 1.165) is 17.8 Å². The molecule has 0 aromatic heterocycles. The Morgan fingerprint density at radius 2 is 1.72 bits per heavy atom. The van der Waals surface area contributed by atoms with Crippen molar-refractivity contribution >= 4 is 5.69 Å². The van der Waals surface area contributed by atoms with Gasteiger partial charge in [-0.15, -0.1) is 0 Å². The number of benzene rings is 2. The van der Waals surface area contributed by atoms with Gasteiger partial charge in [-0.2, -0.15) is 0 Å². The van der Waals surface area contributed by atoms with E-state index in [4.69, 9.17) is 0 Å². The van der Waals surface area contributed by atoms with Crippen molar-refractivity contribution in [2.45, 2.75) is 6.42 Å². The van der Waals surface area contributed by atoms with Gasteiger partial charge in [0.2, 0.25) is 0 Å². The van der Waals surface area contributed by atoms with Crippen LogP contribution < -0.4 is 5.32 Å². The quantitative estimate of drug-likeness (QED) is 0.811. The van der Waals surface area contributed by atoms with Crippen LogP contribution in [0.4, 0.5) is 18.9 Å². The maximum atomic E-state index is 13.8. The third-order valence-corrected chi connectivity index (χ3v) is 3.14. The standard InChI is InChI=1S/C14H10F3N/c15-8-6-11(16)14(12(17)7-8)10-2-1-3-13-9(10)4-5-18-13/h1-3,6-7,18H,4-5H2. The van der Waals surface area contributed by atoms with Gasteiger partial charge in [-0.3, -0.25) is 0 Å². The summed E-state index contributed by atoms with van der Waals surface area (Å²) in [5, 5.41) is 3.14. The maximum Gasteiger partial charge on any atom is 0.136 e. The van der Waals surface area contributed by atoms with Crippen LogP contribution >= 0.6 is 0 Å². The van der Waals surface area contributed by atoms with Crippen LogP contribution in [-0.2, 0) is 6.42 Å². The van der Waals surface area contributed by atoms with Crippen molar-refractivity contribution in [3.63, 3.8) is 0 Å². The van der Waals surface area contributed by atoms with Crippen LogP contribution in [0.5, 0.6) is 0 Å². The molecule has 0 aliphatic carbocycles. The third kappa shape index (κ3) is 1.65. The van der Waals surface area contributed by atoms with Gasteiger partial charge in [0.1, 0.15) is 17.5 Å². The van der Waals surface area contributed by atoms with Crippen LogP contribution in [0, 0.1) is 17.5 Å². The lowest BCUT2D eigenvalue weighted by atomic mass is 9.97. The second-order valence-electron chi connectivity index (χ2n) is 4.25. The number of anilines is 1. The summed E-state index contributed by atoms with van der Waals surface area (Å²) in [6, 6.07) is 6.67. The van der Waals surface area contributed by atoms with Crippen molar-refractivity contribution in [3.8, 4) is 11.1 Å². The molecule has 92 valence electrons. The summed E-state index contributed by atoms with van der Waals surface area (Å²) < 4.78 is 40.4. The van der Waals surface area contributed by atoms with Crippen molar-refractivity contribution in [2.24, 2.45) is 0 Å². The first-order valence-electron chi connectivity index (χ1n) is 5.67. The number of nitrogens with one attached hydrogen (secondary N) is 1. The fourth-order valence-corrected chi connectivity index (χ4v) is 2.38. The average Bonchev–Trinajstić information content (AvgIpc) is 2.76. The Morgan fingerprint density at radius 1 is 1.00 bits per heavy atom. The molecule has 1 N–H and O–H groups in total. The summed E-state index contributed by atoms with van der Waals surface area (Å²) in [4.78, 5) is 0. The van der Waals surface area contributed by atoms with Crippen LogP contribution in [0.2, 0.25) is 0 Å². The molecule has 1 aliphatic rings. The Balaban J connectivity index is 2.25. The summed E-state index contributed by atoms with van der Waals surface area (Å²) in [6.45, 7) is 0.747. The first-order chi connectivity index (χ1) is 8.66.